The number of nitrogens with zero attached hydrogens (tertiary/aromatic N) is 2. The Kier molecular flexibility index (Phi) is 6.43. The number of ether oxygens (including phenoxy) is 2. The molecule has 1 heterocycles. The first-order valence-corrected chi connectivity index (χ1v) is 9.04. The maximum Gasteiger partial charge on any atom is 0.344 e. The number of para-hydroxylation sites is 1. The predicted molar refractivity (Wildman–Crippen MR) is 104 cm³/mol. The van der Waals surface area contributed by atoms with Gasteiger partial charge in [0.25, 0.3) is 5.91 Å². The van der Waals surface area contributed by atoms with Gasteiger partial charge in [0.15, 0.2) is 13.2 Å². The summed E-state index contributed by atoms with van der Waals surface area (Å²) in [5, 5.41) is 11.6. The fourth-order valence-corrected chi connectivity index (χ4v) is 2.88. The van der Waals surface area contributed by atoms with E-state index >= 15 is 0 Å². The molecule has 8 heteroatoms. The van der Waals surface area contributed by atoms with Crippen molar-refractivity contribution in [3.05, 3.63) is 54.1 Å². The van der Waals surface area contributed by atoms with Crippen LogP contribution < -0.4 is 15.0 Å². The zero-order valence-corrected chi connectivity index (χ0v) is 15.6. The summed E-state index contributed by atoms with van der Waals surface area (Å²) < 4.78 is 10.2. The molecule has 1 aliphatic rings. The molecule has 3 rings (SSSR count). The van der Waals surface area contributed by atoms with E-state index in [2.05, 4.69) is 5.32 Å². The number of benzene rings is 2. The van der Waals surface area contributed by atoms with Crippen LogP contribution in [0.4, 0.5) is 11.4 Å². The molecule has 148 valence electrons. The Balaban J connectivity index is 1.47. The van der Waals surface area contributed by atoms with Crippen molar-refractivity contribution in [1.82, 2.24) is 0 Å². The van der Waals surface area contributed by atoms with E-state index < -0.39 is 25.1 Å². The second-order valence-corrected chi connectivity index (χ2v) is 6.30. The van der Waals surface area contributed by atoms with Crippen LogP contribution in [0, 0.1) is 11.3 Å². The van der Waals surface area contributed by atoms with E-state index in [1.807, 2.05) is 6.07 Å². The fraction of sp³-hybridized carbons (Fsp3) is 0.238. The molecule has 1 N–H and O–H groups in total. The van der Waals surface area contributed by atoms with E-state index in [9.17, 15) is 14.4 Å². The maximum absolute atomic E-state index is 12.0. The van der Waals surface area contributed by atoms with Crippen molar-refractivity contribution in [3.8, 4) is 11.8 Å². The van der Waals surface area contributed by atoms with Gasteiger partial charge in [0.2, 0.25) is 5.91 Å². The quantitative estimate of drug-likeness (QED) is 0.723. The highest BCUT2D eigenvalue weighted by atomic mass is 16.6. The van der Waals surface area contributed by atoms with E-state index in [-0.39, 0.29) is 11.7 Å². The van der Waals surface area contributed by atoms with Crippen LogP contribution in [0.1, 0.15) is 18.4 Å². The molecule has 2 amide bonds. The second-order valence-electron chi connectivity index (χ2n) is 6.30. The standard InChI is InChI=1S/C21H19N3O5/c22-12-15-5-1-2-8-18(15)28-14-21(27)29-13-19(25)23-16-6-3-7-17(11-16)24-10-4-9-20(24)26/h1-3,5-8,11H,4,9-10,13-14H2,(H,23,25). The molecular formula is C21H19N3O5. The van der Waals surface area contributed by atoms with Gasteiger partial charge in [0.05, 0.1) is 5.56 Å². The number of carbonyl (C=O) groups excluding carboxylic acids is 3. The van der Waals surface area contributed by atoms with Gasteiger partial charge in [-0.1, -0.05) is 18.2 Å². The monoisotopic (exact) mass is 393 g/mol. The summed E-state index contributed by atoms with van der Waals surface area (Å²) in [6, 6.07) is 15.4. The minimum absolute atomic E-state index is 0.0559. The van der Waals surface area contributed by atoms with Crippen molar-refractivity contribution in [2.24, 2.45) is 0 Å². The van der Waals surface area contributed by atoms with Crippen LogP contribution in [0.3, 0.4) is 0 Å². The molecule has 8 nitrogen and oxygen atoms in total. The highest BCUT2D eigenvalue weighted by Gasteiger charge is 2.21. The van der Waals surface area contributed by atoms with Crippen LogP contribution in [0.15, 0.2) is 48.5 Å². The Morgan fingerprint density at radius 1 is 1.14 bits per heavy atom. The number of anilines is 2. The highest BCUT2D eigenvalue weighted by Crippen LogP contribution is 2.24. The topological polar surface area (TPSA) is 109 Å². The normalized spacial score (nSPS) is 12.9. The summed E-state index contributed by atoms with van der Waals surface area (Å²) in [7, 11) is 0. The van der Waals surface area contributed by atoms with Gasteiger partial charge in [-0.2, -0.15) is 5.26 Å². The molecule has 1 saturated heterocycles. The number of amides is 2. The van der Waals surface area contributed by atoms with E-state index in [1.165, 1.54) is 0 Å². The summed E-state index contributed by atoms with van der Waals surface area (Å²) in [6.07, 6.45) is 1.33. The highest BCUT2D eigenvalue weighted by molar-refractivity contribution is 5.97. The number of rotatable bonds is 7. The summed E-state index contributed by atoms with van der Waals surface area (Å²) in [6.45, 7) is -0.240. The third kappa shape index (κ3) is 5.32. The molecule has 0 aliphatic carbocycles. The van der Waals surface area contributed by atoms with E-state index in [4.69, 9.17) is 14.7 Å². The number of hydrogen-bond acceptors (Lipinski definition) is 6. The Labute approximate surface area is 167 Å². The largest absolute Gasteiger partial charge is 0.481 e. The van der Waals surface area contributed by atoms with E-state index in [0.29, 0.717) is 29.9 Å². The maximum atomic E-state index is 12.0. The smallest absolute Gasteiger partial charge is 0.344 e. The van der Waals surface area contributed by atoms with Crippen LogP contribution >= 0.6 is 0 Å². The lowest BCUT2D eigenvalue weighted by molar-refractivity contribution is -0.149. The van der Waals surface area contributed by atoms with E-state index in [0.717, 1.165) is 6.42 Å². The number of hydrogen-bond donors (Lipinski definition) is 1. The van der Waals surface area contributed by atoms with Crippen molar-refractivity contribution in [2.45, 2.75) is 12.8 Å². The molecule has 0 bridgehead atoms. The molecule has 0 unspecified atom stereocenters. The minimum atomic E-state index is -0.732. The molecule has 0 radical (unpaired) electrons. The lowest BCUT2D eigenvalue weighted by Gasteiger charge is -2.16. The Morgan fingerprint density at radius 2 is 1.97 bits per heavy atom. The molecule has 29 heavy (non-hydrogen) atoms. The third-order valence-corrected chi connectivity index (χ3v) is 4.23. The zero-order chi connectivity index (χ0) is 20.6. The summed E-state index contributed by atoms with van der Waals surface area (Å²) >= 11 is 0. The number of esters is 1. The van der Waals surface area contributed by atoms with Crippen LogP contribution in [-0.2, 0) is 19.1 Å². The first-order valence-electron chi connectivity index (χ1n) is 9.04. The van der Waals surface area contributed by atoms with Gasteiger partial charge >= 0.3 is 5.97 Å². The van der Waals surface area contributed by atoms with E-state index in [1.54, 1.807) is 53.4 Å². The van der Waals surface area contributed by atoms with Crippen LogP contribution in [-0.4, -0.2) is 37.5 Å². The lowest BCUT2D eigenvalue weighted by Crippen LogP contribution is -2.25. The Hall–Kier alpha value is -3.86. The fourth-order valence-electron chi connectivity index (χ4n) is 2.88. The van der Waals surface area contributed by atoms with Crippen LogP contribution in [0.25, 0.3) is 0 Å². The molecule has 0 atom stereocenters. The van der Waals surface area contributed by atoms with Gasteiger partial charge < -0.3 is 19.7 Å². The van der Waals surface area contributed by atoms with Gasteiger partial charge in [-0.05, 0) is 36.8 Å². The van der Waals surface area contributed by atoms with Crippen molar-refractivity contribution in [2.75, 3.05) is 30.0 Å². The van der Waals surface area contributed by atoms with Crippen LogP contribution in [0.5, 0.6) is 5.75 Å². The molecule has 2 aromatic rings. The zero-order valence-electron chi connectivity index (χ0n) is 15.6. The summed E-state index contributed by atoms with van der Waals surface area (Å²) in [5.74, 6) is -0.921. The van der Waals surface area contributed by atoms with Gasteiger partial charge in [0.1, 0.15) is 11.8 Å². The molecule has 0 saturated carbocycles. The molecule has 0 spiro atoms. The number of carbonyl (C=O) groups is 3. The average molecular weight is 393 g/mol. The predicted octanol–water partition coefficient (Wildman–Crippen LogP) is 2.25. The van der Waals surface area contributed by atoms with Gasteiger partial charge in [-0.3, -0.25) is 9.59 Å². The van der Waals surface area contributed by atoms with Crippen molar-refractivity contribution >= 4 is 29.2 Å². The average Bonchev–Trinajstić information content (AvgIpc) is 3.17. The molecule has 1 fully saturated rings. The molecular weight excluding hydrogens is 374 g/mol. The first kappa shape index (κ1) is 19.9. The number of nitriles is 1. The van der Waals surface area contributed by atoms with Gasteiger partial charge in [0, 0.05) is 24.3 Å². The number of nitrogens with one attached hydrogen (secondary N) is 1. The van der Waals surface area contributed by atoms with Gasteiger partial charge in [-0.15, -0.1) is 0 Å². The first-order chi connectivity index (χ1) is 14.1. The van der Waals surface area contributed by atoms with Crippen molar-refractivity contribution in [1.29, 1.82) is 5.26 Å². The third-order valence-electron chi connectivity index (χ3n) is 4.23. The van der Waals surface area contributed by atoms with Crippen molar-refractivity contribution in [3.63, 3.8) is 0 Å². The van der Waals surface area contributed by atoms with Gasteiger partial charge in [-0.25, -0.2) is 4.79 Å². The molecule has 0 aromatic heterocycles. The van der Waals surface area contributed by atoms with Crippen molar-refractivity contribution < 1.29 is 23.9 Å². The Morgan fingerprint density at radius 3 is 2.72 bits per heavy atom. The lowest BCUT2D eigenvalue weighted by atomic mass is 10.2. The van der Waals surface area contributed by atoms with Crippen LogP contribution in [0.2, 0.25) is 0 Å². The Bertz CT molecular complexity index is 967. The SMILES string of the molecule is N#Cc1ccccc1OCC(=O)OCC(=O)Nc1cccc(N2CCCC2=O)c1. The second kappa shape index (κ2) is 9.37. The molecule has 2 aromatic carbocycles. The minimum Gasteiger partial charge on any atom is -0.481 e. The summed E-state index contributed by atoms with van der Waals surface area (Å²) in [4.78, 5) is 37.3. The summed E-state index contributed by atoms with van der Waals surface area (Å²) in [5.41, 5.74) is 1.52. The molecule has 1 aliphatic heterocycles.